The van der Waals surface area contributed by atoms with Crippen LogP contribution in [0.2, 0.25) is 0 Å². The standard InChI is InChI=1S/C10H8BrN3O4S/c11-9-2-1-7(3-8(9)10(15)16)19(17,18)14-6-4-12-13-5-6/h1-5,14H,(H,12,13)(H,15,16). The van der Waals surface area contributed by atoms with Gasteiger partial charge in [-0.05, 0) is 34.1 Å². The maximum Gasteiger partial charge on any atom is 0.336 e. The first kappa shape index (κ1) is 13.6. The van der Waals surface area contributed by atoms with E-state index >= 15 is 0 Å². The molecule has 0 aliphatic rings. The van der Waals surface area contributed by atoms with Crippen molar-refractivity contribution in [1.29, 1.82) is 0 Å². The Morgan fingerprint density at radius 1 is 1.42 bits per heavy atom. The Balaban J connectivity index is 2.41. The summed E-state index contributed by atoms with van der Waals surface area (Å²) in [6, 6.07) is 3.75. The Morgan fingerprint density at radius 3 is 2.74 bits per heavy atom. The summed E-state index contributed by atoms with van der Waals surface area (Å²) in [5, 5.41) is 15.0. The van der Waals surface area contributed by atoms with E-state index in [2.05, 4.69) is 30.8 Å². The highest BCUT2D eigenvalue weighted by atomic mass is 79.9. The second kappa shape index (κ2) is 5.02. The van der Waals surface area contributed by atoms with E-state index in [-0.39, 0.29) is 16.1 Å². The van der Waals surface area contributed by atoms with Gasteiger partial charge in [-0.3, -0.25) is 9.82 Å². The van der Waals surface area contributed by atoms with Crippen LogP contribution in [0.5, 0.6) is 0 Å². The molecule has 2 rings (SSSR count). The molecule has 2 aromatic rings. The number of aromatic carboxylic acids is 1. The lowest BCUT2D eigenvalue weighted by Gasteiger charge is -2.07. The highest BCUT2D eigenvalue weighted by Crippen LogP contribution is 2.22. The Hall–Kier alpha value is -1.87. The van der Waals surface area contributed by atoms with Crippen molar-refractivity contribution in [1.82, 2.24) is 10.2 Å². The fraction of sp³-hybridized carbons (Fsp3) is 0. The molecule has 3 N–H and O–H groups in total. The van der Waals surface area contributed by atoms with E-state index in [1.807, 2.05) is 0 Å². The monoisotopic (exact) mass is 345 g/mol. The van der Waals surface area contributed by atoms with Gasteiger partial charge in [-0.2, -0.15) is 5.10 Å². The van der Waals surface area contributed by atoms with Crippen molar-refractivity contribution in [2.75, 3.05) is 4.72 Å². The van der Waals surface area contributed by atoms with E-state index in [1.54, 1.807) is 0 Å². The van der Waals surface area contributed by atoms with Crippen LogP contribution in [-0.2, 0) is 10.0 Å². The molecule has 0 saturated carbocycles. The zero-order chi connectivity index (χ0) is 14.0. The van der Waals surface area contributed by atoms with Crippen molar-refractivity contribution >= 4 is 37.6 Å². The summed E-state index contributed by atoms with van der Waals surface area (Å²) >= 11 is 3.05. The van der Waals surface area contributed by atoms with Crippen LogP contribution >= 0.6 is 15.9 Å². The van der Waals surface area contributed by atoms with Crippen LogP contribution in [0.3, 0.4) is 0 Å². The number of anilines is 1. The lowest BCUT2D eigenvalue weighted by atomic mass is 10.2. The number of sulfonamides is 1. The van der Waals surface area contributed by atoms with Crippen molar-refractivity contribution in [2.45, 2.75) is 4.90 Å². The second-order valence-electron chi connectivity index (χ2n) is 3.54. The smallest absolute Gasteiger partial charge is 0.336 e. The van der Waals surface area contributed by atoms with Gasteiger partial charge in [0.05, 0.1) is 22.3 Å². The zero-order valence-electron chi connectivity index (χ0n) is 9.29. The maximum absolute atomic E-state index is 12.0. The van der Waals surface area contributed by atoms with Crippen LogP contribution < -0.4 is 4.72 Å². The first-order valence-electron chi connectivity index (χ1n) is 4.94. The summed E-state index contributed by atoms with van der Waals surface area (Å²) in [7, 11) is -3.85. The largest absolute Gasteiger partial charge is 0.478 e. The predicted molar refractivity (Wildman–Crippen MR) is 70.5 cm³/mol. The summed E-state index contributed by atoms with van der Waals surface area (Å²) in [5.74, 6) is -1.22. The molecule has 0 radical (unpaired) electrons. The molecule has 1 heterocycles. The minimum atomic E-state index is -3.85. The van der Waals surface area contributed by atoms with E-state index < -0.39 is 16.0 Å². The second-order valence-corrected chi connectivity index (χ2v) is 6.08. The number of benzene rings is 1. The number of aromatic amines is 1. The van der Waals surface area contributed by atoms with Gasteiger partial charge in [-0.25, -0.2) is 13.2 Å². The molecule has 100 valence electrons. The van der Waals surface area contributed by atoms with Crippen molar-refractivity contribution < 1.29 is 18.3 Å². The third-order valence-corrected chi connectivity index (χ3v) is 4.30. The summed E-state index contributed by atoms with van der Waals surface area (Å²) in [6.45, 7) is 0. The van der Waals surface area contributed by atoms with E-state index in [0.29, 0.717) is 4.47 Å². The van der Waals surface area contributed by atoms with Crippen molar-refractivity contribution in [3.63, 3.8) is 0 Å². The Kier molecular flexibility index (Phi) is 3.58. The number of hydrogen-bond donors (Lipinski definition) is 3. The number of carboxylic acid groups (broad SMARTS) is 1. The number of halogens is 1. The molecule has 0 spiro atoms. The molecule has 7 nitrogen and oxygen atoms in total. The van der Waals surface area contributed by atoms with Gasteiger partial charge in [0.1, 0.15) is 0 Å². The SMILES string of the molecule is O=C(O)c1cc(S(=O)(=O)Nc2cn[nH]c2)ccc1Br. The van der Waals surface area contributed by atoms with Crippen LogP contribution in [-0.4, -0.2) is 29.7 Å². The Labute approximate surface area is 116 Å². The number of carboxylic acids is 1. The number of aromatic nitrogens is 2. The Morgan fingerprint density at radius 2 is 2.16 bits per heavy atom. The normalized spacial score (nSPS) is 11.2. The summed E-state index contributed by atoms with van der Waals surface area (Å²) in [4.78, 5) is 10.8. The van der Waals surface area contributed by atoms with E-state index in [9.17, 15) is 13.2 Å². The molecular weight excluding hydrogens is 338 g/mol. The minimum absolute atomic E-state index is 0.130. The predicted octanol–water partition coefficient (Wildman–Crippen LogP) is 1.67. The van der Waals surface area contributed by atoms with Gasteiger partial charge >= 0.3 is 5.97 Å². The van der Waals surface area contributed by atoms with Gasteiger partial charge in [0.15, 0.2) is 0 Å². The van der Waals surface area contributed by atoms with Gasteiger partial charge in [-0.15, -0.1) is 0 Å². The first-order chi connectivity index (χ1) is 8.90. The number of H-pyrrole nitrogens is 1. The lowest BCUT2D eigenvalue weighted by molar-refractivity contribution is 0.0695. The van der Waals surface area contributed by atoms with Crippen LogP contribution in [0.15, 0.2) is 40.0 Å². The van der Waals surface area contributed by atoms with Gasteiger partial charge in [-0.1, -0.05) is 0 Å². The molecule has 19 heavy (non-hydrogen) atoms. The van der Waals surface area contributed by atoms with Gasteiger partial charge in [0, 0.05) is 10.7 Å². The topological polar surface area (TPSA) is 112 Å². The average molecular weight is 346 g/mol. The van der Waals surface area contributed by atoms with Crippen LogP contribution in [0.1, 0.15) is 10.4 Å². The molecule has 0 atom stereocenters. The molecule has 0 saturated heterocycles. The Bertz CT molecular complexity index is 712. The van der Waals surface area contributed by atoms with Crippen LogP contribution in [0.25, 0.3) is 0 Å². The van der Waals surface area contributed by atoms with E-state index in [1.165, 1.54) is 24.5 Å². The summed E-state index contributed by atoms with van der Waals surface area (Å²) < 4.78 is 26.6. The van der Waals surface area contributed by atoms with Gasteiger partial charge < -0.3 is 5.11 Å². The minimum Gasteiger partial charge on any atom is -0.478 e. The molecule has 9 heteroatoms. The fourth-order valence-corrected chi connectivity index (χ4v) is 2.83. The zero-order valence-corrected chi connectivity index (χ0v) is 11.7. The summed E-state index contributed by atoms with van der Waals surface area (Å²) in [6.07, 6.45) is 2.67. The van der Waals surface area contributed by atoms with E-state index in [4.69, 9.17) is 5.11 Å². The number of hydrogen-bond acceptors (Lipinski definition) is 4. The quantitative estimate of drug-likeness (QED) is 0.780. The van der Waals surface area contributed by atoms with Gasteiger partial charge in [0.2, 0.25) is 0 Å². The summed E-state index contributed by atoms with van der Waals surface area (Å²) in [5.41, 5.74) is 0.134. The third kappa shape index (κ3) is 2.93. The number of nitrogens with one attached hydrogen (secondary N) is 2. The maximum atomic E-state index is 12.0. The van der Waals surface area contributed by atoms with E-state index in [0.717, 1.165) is 6.07 Å². The molecule has 0 fully saturated rings. The molecule has 1 aromatic heterocycles. The van der Waals surface area contributed by atoms with Gasteiger partial charge in [0.25, 0.3) is 10.0 Å². The molecule has 0 aliphatic heterocycles. The van der Waals surface area contributed by atoms with Crippen LogP contribution in [0, 0.1) is 0 Å². The van der Waals surface area contributed by atoms with Crippen LogP contribution in [0.4, 0.5) is 5.69 Å². The molecule has 1 aromatic carbocycles. The fourth-order valence-electron chi connectivity index (χ4n) is 1.36. The van der Waals surface area contributed by atoms with Crippen molar-refractivity contribution in [2.24, 2.45) is 0 Å². The molecule has 0 unspecified atom stereocenters. The number of carbonyl (C=O) groups is 1. The molecule has 0 bridgehead atoms. The number of nitrogens with zero attached hydrogens (tertiary/aromatic N) is 1. The highest BCUT2D eigenvalue weighted by molar-refractivity contribution is 9.10. The van der Waals surface area contributed by atoms with Crippen molar-refractivity contribution in [3.8, 4) is 0 Å². The van der Waals surface area contributed by atoms with Crippen molar-refractivity contribution in [3.05, 3.63) is 40.6 Å². The average Bonchev–Trinajstić information content (AvgIpc) is 2.80. The first-order valence-corrected chi connectivity index (χ1v) is 7.22. The molecule has 0 aliphatic carbocycles. The number of rotatable bonds is 4. The third-order valence-electron chi connectivity index (χ3n) is 2.23. The lowest BCUT2D eigenvalue weighted by Crippen LogP contribution is -2.13. The highest BCUT2D eigenvalue weighted by Gasteiger charge is 2.18. The molecule has 0 amide bonds. The molecular formula is C10H8BrN3O4S.